The van der Waals surface area contributed by atoms with Crippen molar-refractivity contribution in [2.24, 2.45) is 0 Å². The van der Waals surface area contributed by atoms with Gasteiger partial charge in [0.2, 0.25) is 0 Å². The summed E-state index contributed by atoms with van der Waals surface area (Å²) in [5.74, 6) is 2.39. The molecule has 6 heteroatoms. The lowest BCUT2D eigenvalue weighted by Crippen LogP contribution is -2.40. The highest BCUT2D eigenvalue weighted by Crippen LogP contribution is 2.41. The molecule has 0 aliphatic carbocycles. The van der Waals surface area contributed by atoms with Gasteiger partial charge in [-0.15, -0.1) is 0 Å². The SMILES string of the molecule is COCCNCc1cnn(C2CCOC3(CCSC3)C2)c1. The molecule has 0 radical (unpaired) electrons. The predicted octanol–water partition coefficient (Wildman–Crippen LogP) is 1.85. The van der Waals surface area contributed by atoms with E-state index in [-0.39, 0.29) is 5.60 Å². The van der Waals surface area contributed by atoms with E-state index in [0.717, 1.165) is 44.9 Å². The summed E-state index contributed by atoms with van der Waals surface area (Å²) < 4.78 is 13.3. The third-order valence-electron chi connectivity index (χ3n) is 4.38. The van der Waals surface area contributed by atoms with Gasteiger partial charge in [-0.2, -0.15) is 16.9 Å². The minimum absolute atomic E-state index is 0.121. The fourth-order valence-electron chi connectivity index (χ4n) is 3.17. The lowest BCUT2D eigenvalue weighted by molar-refractivity contribution is -0.0778. The zero-order chi connectivity index (χ0) is 14.5. The quantitative estimate of drug-likeness (QED) is 0.813. The van der Waals surface area contributed by atoms with Crippen LogP contribution in [-0.4, -0.2) is 53.8 Å². The van der Waals surface area contributed by atoms with E-state index in [1.807, 2.05) is 18.0 Å². The highest BCUT2D eigenvalue weighted by atomic mass is 32.2. The molecule has 5 nitrogen and oxygen atoms in total. The molecule has 1 N–H and O–H groups in total. The number of hydrogen-bond acceptors (Lipinski definition) is 5. The number of ether oxygens (including phenoxy) is 2. The monoisotopic (exact) mass is 311 g/mol. The standard InChI is InChI=1S/C15H25N3O2S/c1-19-6-4-16-9-13-10-17-18(11-13)14-2-5-20-15(8-14)3-7-21-12-15/h10-11,14,16H,2-9,12H2,1H3. The number of methoxy groups -OCH3 is 1. The molecular formula is C15H25N3O2S. The Morgan fingerprint density at radius 2 is 2.57 bits per heavy atom. The Balaban J connectivity index is 1.55. The molecule has 1 spiro atoms. The number of nitrogens with zero attached hydrogens (tertiary/aromatic N) is 2. The third kappa shape index (κ3) is 3.80. The van der Waals surface area contributed by atoms with Crippen LogP contribution in [0.15, 0.2) is 12.4 Å². The van der Waals surface area contributed by atoms with Crippen LogP contribution in [0.5, 0.6) is 0 Å². The first kappa shape index (κ1) is 15.3. The molecule has 118 valence electrons. The second-order valence-corrected chi connectivity index (χ2v) is 7.08. The third-order valence-corrected chi connectivity index (χ3v) is 5.60. The maximum Gasteiger partial charge on any atom is 0.0800 e. The van der Waals surface area contributed by atoms with E-state index in [1.54, 1.807) is 7.11 Å². The van der Waals surface area contributed by atoms with Crippen LogP contribution in [0, 0.1) is 0 Å². The van der Waals surface area contributed by atoms with Crippen LogP contribution in [0.25, 0.3) is 0 Å². The highest BCUT2D eigenvalue weighted by molar-refractivity contribution is 7.99. The molecule has 2 unspecified atom stereocenters. The fraction of sp³-hybridized carbons (Fsp3) is 0.800. The van der Waals surface area contributed by atoms with E-state index in [9.17, 15) is 0 Å². The molecule has 1 aromatic heterocycles. The van der Waals surface area contributed by atoms with Crippen molar-refractivity contribution in [2.75, 3.05) is 38.4 Å². The topological polar surface area (TPSA) is 48.3 Å². The van der Waals surface area contributed by atoms with E-state index < -0.39 is 0 Å². The van der Waals surface area contributed by atoms with E-state index in [0.29, 0.717) is 6.04 Å². The molecule has 21 heavy (non-hydrogen) atoms. The second-order valence-electron chi connectivity index (χ2n) is 5.98. The molecule has 0 saturated carbocycles. The zero-order valence-corrected chi connectivity index (χ0v) is 13.5. The first-order valence-corrected chi connectivity index (χ1v) is 8.91. The van der Waals surface area contributed by atoms with E-state index in [4.69, 9.17) is 9.47 Å². The molecule has 2 atom stereocenters. The Morgan fingerprint density at radius 3 is 3.38 bits per heavy atom. The first-order valence-electron chi connectivity index (χ1n) is 7.76. The maximum atomic E-state index is 6.09. The molecule has 1 aromatic rings. The van der Waals surface area contributed by atoms with Gasteiger partial charge in [0.1, 0.15) is 0 Å². The Kier molecular flexibility index (Phi) is 5.21. The highest BCUT2D eigenvalue weighted by Gasteiger charge is 2.41. The Labute approximate surface area is 130 Å². The van der Waals surface area contributed by atoms with E-state index >= 15 is 0 Å². The first-order chi connectivity index (χ1) is 10.3. The van der Waals surface area contributed by atoms with Gasteiger partial charge >= 0.3 is 0 Å². The van der Waals surface area contributed by atoms with Gasteiger partial charge in [-0.3, -0.25) is 4.68 Å². The van der Waals surface area contributed by atoms with Crippen LogP contribution in [0.3, 0.4) is 0 Å². The molecule has 2 aliphatic heterocycles. The van der Waals surface area contributed by atoms with Crippen molar-refractivity contribution in [2.45, 2.75) is 37.5 Å². The number of thioether (sulfide) groups is 1. The van der Waals surface area contributed by atoms with Crippen LogP contribution in [0.2, 0.25) is 0 Å². The summed E-state index contributed by atoms with van der Waals surface area (Å²) in [5.41, 5.74) is 1.36. The smallest absolute Gasteiger partial charge is 0.0800 e. The van der Waals surface area contributed by atoms with Crippen molar-refractivity contribution in [1.82, 2.24) is 15.1 Å². The molecule has 3 heterocycles. The summed E-state index contributed by atoms with van der Waals surface area (Å²) in [6.07, 6.45) is 7.54. The maximum absolute atomic E-state index is 6.09. The van der Waals surface area contributed by atoms with Crippen LogP contribution < -0.4 is 5.32 Å². The van der Waals surface area contributed by atoms with Gasteiger partial charge in [0.05, 0.1) is 24.4 Å². The van der Waals surface area contributed by atoms with Gasteiger partial charge in [-0.1, -0.05) is 0 Å². The number of nitrogens with one attached hydrogen (secondary N) is 1. The Hall–Kier alpha value is -0.560. The van der Waals surface area contributed by atoms with Crippen molar-refractivity contribution < 1.29 is 9.47 Å². The molecule has 0 amide bonds. The largest absolute Gasteiger partial charge is 0.383 e. The van der Waals surface area contributed by atoms with Crippen LogP contribution in [0.4, 0.5) is 0 Å². The van der Waals surface area contributed by atoms with Gasteiger partial charge in [-0.05, 0) is 25.0 Å². The number of hydrogen-bond donors (Lipinski definition) is 1. The Morgan fingerprint density at radius 1 is 1.62 bits per heavy atom. The van der Waals surface area contributed by atoms with Crippen molar-refractivity contribution in [3.8, 4) is 0 Å². The van der Waals surface area contributed by atoms with Crippen LogP contribution >= 0.6 is 11.8 Å². The number of rotatable bonds is 6. The van der Waals surface area contributed by atoms with E-state index in [2.05, 4.69) is 21.3 Å². The molecule has 0 bridgehead atoms. The summed E-state index contributed by atoms with van der Waals surface area (Å²) in [6, 6.07) is 0.491. The second kappa shape index (κ2) is 7.13. The normalized spacial score (nSPS) is 29.3. The van der Waals surface area contributed by atoms with Gasteiger partial charge < -0.3 is 14.8 Å². The molecule has 2 saturated heterocycles. The van der Waals surface area contributed by atoms with E-state index in [1.165, 1.54) is 17.7 Å². The lowest BCUT2D eigenvalue weighted by Gasteiger charge is -2.37. The van der Waals surface area contributed by atoms with Crippen molar-refractivity contribution in [3.05, 3.63) is 18.0 Å². The summed E-state index contributed by atoms with van der Waals surface area (Å²) in [6.45, 7) is 3.34. The fourth-order valence-corrected chi connectivity index (χ4v) is 4.54. The average molecular weight is 311 g/mol. The van der Waals surface area contributed by atoms with Gasteiger partial charge in [0, 0.05) is 44.3 Å². The van der Waals surface area contributed by atoms with Crippen molar-refractivity contribution in [1.29, 1.82) is 0 Å². The van der Waals surface area contributed by atoms with Crippen LogP contribution in [0.1, 0.15) is 30.9 Å². The minimum Gasteiger partial charge on any atom is -0.383 e. The summed E-state index contributed by atoms with van der Waals surface area (Å²) in [4.78, 5) is 0. The zero-order valence-electron chi connectivity index (χ0n) is 12.7. The summed E-state index contributed by atoms with van der Waals surface area (Å²) in [5, 5.41) is 7.94. The molecule has 3 rings (SSSR count). The predicted molar refractivity (Wildman–Crippen MR) is 84.7 cm³/mol. The average Bonchev–Trinajstić information content (AvgIpc) is 3.14. The van der Waals surface area contributed by atoms with Gasteiger partial charge in [0.25, 0.3) is 0 Å². The van der Waals surface area contributed by atoms with Crippen molar-refractivity contribution >= 4 is 11.8 Å². The van der Waals surface area contributed by atoms with Crippen molar-refractivity contribution in [3.63, 3.8) is 0 Å². The molecule has 2 aliphatic rings. The van der Waals surface area contributed by atoms with Gasteiger partial charge in [-0.25, -0.2) is 0 Å². The summed E-state index contributed by atoms with van der Waals surface area (Å²) >= 11 is 2.02. The lowest BCUT2D eigenvalue weighted by atomic mass is 9.90. The Bertz CT molecular complexity index is 446. The molecule has 2 fully saturated rings. The van der Waals surface area contributed by atoms with Gasteiger partial charge in [0.15, 0.2) is 0 Å². The molecule has 0 aromatic carbocycles. The summed E-state index contributed by atoms with van der Waals surface area (Å²) in [7, 11) is 1.72. The number of aromatic nitrogens is 2. The minimum atomic E-state index is 0.121. The van der Waals surface area contributed by atoms with Crippen LogP contribution in [-0.2, 0) is 16.0 Å². The molecular weight excluding hydrogens is 286 g/mol.